The number of rotatable bonds is 2. The second kappa shape index (κ2) is 3.84. The first kappa shape index (κ1) is 9.44. The summed E-state index contributed by atoms with van der Waals surface area (Å²) in [6.07, 6.45) is 0.964. The van der Waals surface area contributed by atoms with Gasteiger partial charge >= 0.3 is 0 Å². The zero-order valence-electron chi connectivity index (χ0n) is 7.00. The fourth-order valence-corrected chi connectivity index (χ4v) is 1.33. The van der Waals surface area contributed by atoms with Gasteiger partial charge in [0.1, 0.15) is 0 Å². The van der Waals surface area contributed by atoms with E-state index in [1.54, 1.807) is 5.48 Å². The summed E-state index contributed by atoms with van der Waals surface area (Å²) in [5, 5.41) is 8.46. The van der Waals surface area contributed by atoms with Gasteiger partial charge in [-0.15, -0.1) is 0 Å². The summed E-state index contributed by atoms with van der Waals surface area (Å²) in [5.41, 5.74) is 0.711. The topological polar surface area (TPSA) is 67.8 Å². The standard InChI is InChI=1S/C7H13NO4/c1-11-7(6(9)8-10)2-4-12-5-3-7/h10H,2-5H2,1H3,(H,8,9). The first-order valence-corrected chi connectivity index (χ1v) is 3.82. The zero-order valence-corrected chi connectivity index (χ0v) is 7.00. The minimum Gasteiger partial charge on any atom is -0.381 e. The summed E-state index contributed by atoms with van der Waals surface area (Å²) in [7, 11) is 1.46. The predicted molar refractivity (Wildman–Crippen MR) is 39.7 cm³/mol. The van der Waals surface area contributed by atoms with Crippen LogP contribution in [-0.2, 0) is 14.3 Å². The number of ether oxygens (including phenoxy) is 2. The van der Waals surface area contributed by atoms with Crippen LogP contribution in [0.3, 0.4) is 0 Å². The Balaban J connectivity index is 2.66. The molecule has 1 amide bonds. The molecule has 1 aliphatic rings. The Morgan fingerprint density at radius 3 is 2.58 bits per heavy atom. The molecule has 0 aliphatic carbocycles. The summed E-state index contributed by atoms with van der Waals surface area (Å²) >= 11 is 0. The smallest absolute Gasteiger partial charge is 0.275 e. The van der Waals surface area contributed by atoms with Crippen molar-refractivity contribution in [2.24, 2.45) is 0 Å². The summed E-state index contributed by atoms with van der Waals surface area (Å²) in [6.45, 7) is 0.975. The average Bonchev–Trinajstić information content (AvgIpc) is 2.17. The van der Waals surface area contributed by atoms with Gasteiger partial charge in [0.15, 0.2) is 5.60 Å². The van der Waals surface area contributed by atoms with Crippen molar-refractivity contribution in [3.8, 4) is 0 Å². The van der Waals surface area contributed by atoms with Crippen LogP contribution in [0.1, 0.15) is 12.8 Å². The van der Waals surface area contributed by atoms with E-state index in [0.29, 0.717) is 26.1 Å². The Kier molecular flexibility index (Phi) is 3.02. The normalized spacial score (nSPS) is 21.8. The fourth-order valence-electron chi connectivity index (χ4n) is 1.33. The first-order valence-electron chi connectivity index (χ1n) is 3.82. The largest absolute Gasteiger partial charge is 0.381 e. The van der Waals surface area contributed by atoms with Gasteiger partial charge in [0.25, 0.3) is 5.91 Å². The number of methoxy groups -OCH3 is 1. The lowest BCUT2D eigenvalue weighted by molar-refractivity contribution is -0.163. The van der Waals surface area contributed by atoms with E-state index in [9.17, 15) is 4.79 Å². The number of amides is 1. The number of carbonyl (C=O) groups excluding carboxylic acids is 1. The van der Waals surface area contributed by atoms with Crippen LogP contribution in [0.2, 0.25) is 0 Å². The molecule has 0 spiro atoms. The third-order valence-electron chi connectivity index (χ3n) is 2.21. The van der Waals surface area contributed by atoms with E-state index in [1.165, 1.54) is 7.11 Å². The summed E-state index contributed by atoms with van der Waals surface area (Å²) in [6, 6.07) is 0. The average molecular weight is 175 g/mol. The monoisotopic (exact) mass is 175 g/mol. The lowest BCUT2D eigenvalue weighted by Crippen LogP contribution is -2.50. The SMILES string of the molecule is COC1(C(=O)NO)CCOCC1. The van der Waals surface area contributed by atoms with Crippen LogP contribution in [0, 0.1) is 0 Å². The number of carbonyl (C=O) groups is 1. The molecule has 1 fully saturated rings. The molecule has 0 unspecified atom stereocenters. The van der Waals surface area contributed by atoms with Crippen LogP contribution in [0.4, 0.5) is 0 Å². The van der Waals surface area contributed by atoms with Crippen molar-refractivity contribution in [1.29, 1.82) is 0 Å². The van der Waals surface area contributed by atoms with E-state index in [4.69, 9.17) is 14.7 Å². The van der Waals surface area contributed by atoms with Crippen molar-refractivity contribution in [2.75, 3.05) is 20.3 Å². The Bertz CT molecular complexity index is 165. The molecule has 0 saturated carbocycles. The van der Waals surface area contributed by atoms with Gasteiger partial charge in [-0.3, -0.25) is 10.0 Å². The molecular formula is C7H13NO4. The Morgan fingerprint density at radius 1 is 1.58 bits per heavy atom. The highest BCUT2D eigenvalue weighted by Crippen LogP contribution is 2.24. The molecule has 0 aromatic heterocycles. The molecular weight excluding hydrogens is 162 g/mol. The molecule has 1 aliphatic heterocycles. The van der Waals surface area contributed by atoms with Crippen LogP contribution in [0.25, 0.3) is 0 Å². The molecule has 0 aromatic carbocycles. The number of nitrogens with one attached hydrogen (secondary N) is 1. The Hall–Kier alpha value is -0.650. The van der Waals surface area contributed by atoms with Gasteiger partial charge in [-0.05, 0) is 0 Å². The Labute approximate surface area is 70.6 Å². The maximum Gasteiger partial charge on any atom is 0.275 e. The molecule has 70 valence electrons. The number of hydrogen-bond acceptors (Lipinski definition) is 4. The van der Waals surface area contributed by atoms with Crippen molar-refractivity contribution in [3.05, 3.63) is 0 Å². The quantitative estimate of drug-likeness (QED) is 0.446. The van der Waals surface area contributed by atoms with Gasteiger partial charge in [0.2, 0.25) is 0 Å². The summed E-state index contributed by atoms with van der Waals surface area (Å²) < 4.78 is 10.2. The highest BCUT2D eigenvalue weighted by molar-refractivity contribution is 5.84. The molecule has 5 nitrogen and oxygen atoms in total. The second-order valence-electron chi connectivity index (χ2n) is 2.75. The molecule has 12 heavy (non-hydrogen) atoms. The summed E-state index contributed by atoms with van der Waals surface area (Å²) in [4.78, 5) is 11.2. The molecule has 0 atom stereocenters. The third kappa shape index (κ3) is 1.57. The van der Waals surface area contributed by atoms with E-state index in [1.807, 2.05) is 0 Å². The minimum atomic E-state index is -0.896. The van der Waals surface area contributed by atoms with Gasteiger partial charge in [-0.1, -0.05) is 0 Å². The van der Waals surface area contributed by atoms with Crippen molar-refractivity contribution >= 4 is 5.91 Å². The molecule has 2 N–H and O–H groups in total. The second-order valence-corrected chi connectivity index (χ2v) is 2.75. The number of hydroxylamine groups is 1. The minimum absolute atomic E-state index is 0.482. The lowest BCUT2D eigenvalue weighted by Gasteiger charge is -2.33. The highest BCUT2D eigenvalue weighted by Gasteiger charge is 2.40. The molecule has 1 heterocycles. The third-order valence-corrected chi connectivity index (χ3v) is 2.21. The molecule has 0 aromatic rings. The van der Waals surface area contributed by atoms with Crippen LogP contribution in [-0.4, -0.2) is 37.0 Å². The van der Waals surface area contributed by atoms with Gasteiger partial charge in [-0.25, -0.2) is 5.48 Å². The Morgan fingerprint density at radius 2 is 2.17 bits per heavy atom. The molecule has 0 bridgehead atoms. The van der Waals surface area contributed by atoms with Gasteiger partial charge in [-0.2, -0.15) is 0 Å². The molecule has 5 heteroatoms. The lowest BCUT2D eigenvalue weighted by atomic mass is 9.93. The van der Waals surface area contributed by atoms with Crippen molar-refractivity contribution < 1.29 is 19.5 Å². The van der Waals surface area contributed by atoms with Gasteiger partial charge in [0, 0.05) is 33.2 Å². The maximum atomic E-state index is 11.2. The van der Waals surface area contributed by atoms with Crippen molar-refractivity contribution in [3.63, 3.8) is 0 Å². The van der Waals surface area contributed by atoms with Crippen LogP contribution in [0.5, 0.6) is 0 Å². The molecule has 0 radical (unpaired) electrons. The van der Waals surface area contributed by atoms with E-state index >= 15 is 0 Å². The predicted octanol–water partition coefficient (Wildman–Crippen LogP) is -0.313. The van der Waals surface area contributed by atoms with E-state index in [2.05, 4.69) is 0 Å². The zero-order chi connectivity index (χ0) is 9.03. The maximum absolute atomic E-state index is 11.2. The van der Waals surface area contributed by atoms with Crippen LogP contribution < -0.4 is 5.48 Å². The van der Waals surface area contributed by atoms with Gasteiger partial charge in [0.05, 0.1) is 0 Å². The van der Waals surface area contributed by atoms with Crippen molar-refractivity contribution in [1.82, 2.24) is 5.48 Å². The first-order chi connectivity index (χ1) is 5.75. The highest BCUT2D eigenvalue weighted by atomic mass is 16.5. The molecule has 1 rings (SSSR count). The van der Waals surface area contributed by atoms with E-state index in [0.717, 1.165) is 0 Å². The van der Waals surface area contributed by atoms with E-state index in [-0.39, 0.29) is 0 Å². The fraction of sp³-hybridized carbons (Fsp3) is 0.857. The van der Waals surface area contributed by atoms with Crippen LogP contribution >= 0.6 is 0 Å². The number of hydrogen-bond donors (Lipinski definition) is 2. The van der Waals surface area contributed by atoms with E-state index < -0.39 is 11.5 Å². The summed E-state index contributed by atoms with van der Waals surface area (Å²) in [5.74, 6) is -0.492. The molecule has 1 saturated heterocycles. The van der Waals surface area contributed by atoms with Crippen LogP contribution in [0.15, 0.2) is 0 Å². The van der Waals surface area contributed by atoms with Crippen molar-refractivity contribution in [2.45, 2.75) is 18.4 Å². The van der Waals surface area contributed by atoms with Gasteiger partial charge < -0.3 is 9.47 Å².